The number of benzene rings is 1. The second-order valence-electron chi connectivity index (χ2n) is 4.51. The fraction of sp³-hybridized carbons (Fsp3) is 0.538. The Morgan fingerprint density at radius 3 is 2.94 bits per heavy atom. The Kier molecular flexibility index (Phi) is 3.84. The first kappa shape index (κ1) is 12.2. The summed E-state index contributed by atoms with van der Waals surface area (Å²) in [6.45, 7) is 3.45. The Labute approximate surface area is 102 Å². The highest BCUT2D eigenvalue weighted by Gasteiger charge is 2.20. The average Bonchev–Trinajstić information content (AvgIpc) is 2.47. The van der Waals surface area contributed by atoms with Crippen LogP contribution in [-0.2, 0) is 0 Å². The van der Waals surface area contributed by atoms with Crippen LogP contribution in [0.3, 0.4) is 0 Å². The molecule has 0 radical (unpaired) electrons. The molecule has 0 aromatic heterocycles. The molecule has 1 heterocycles. The van der Waals surface area contributed by atoms with Gasteiger partial charge in [0.05, 0.1) is 11.4 Å². The Bertz CT molecular complexity index is 381. The van der Waals surface area contributed by atoms with Crippen molar-refractivity contribution in [3.63, 3.8) is 0 Å². The van der Waals surface area contributed by atoms with Crippen LogP contribution >= 0.6 is 0 Å². The van der Waals surface area contributed by atoms with Crippen LogP contribution in [0.5, 0.6) is 0 Å². The molecule has 0 fully saturated rings. The number of hydrogen-bond donors (Lipinski definition) is 1. The number of rotatable bonds is 3. The summed E-state index contributed by atoms with van der Waals surface area (Å²) in [5, 5.41) is 0. The van der Waals surface area contributed by atoms with Crippen molar-refractivity contribution < 1.29 is 4.39 Å². The molecule has 2 N–H and O–H groups in total. The lowest BCUT2D eigenvalue weighted by Gasteiger charge is -2.26. The third-order valence-electron chi connectivity index (χ3n) is 3.24. The Morgan fingerprint density at radius 1 is 1.35 bits per heavy atom. The van der Waals surface area contributed by atoms with Gasteiger partial charge in [0.2, 0.25) is 0 Å². The smallest absolute Gasteiger partial charge is 0.148 e. The first-order chi connectivity index (χ1) is 8.24. The number of nitrogens with zero attached hydrogens (tertiary/aromatic N) is 2. The maximum Gasteiger partial charge on any atom is 0.148 e. The maximum atomic E-state index is 13.9. The molecule has 0 saturated heterocycles. The molecule has 3 nitrogen and oxygen atoms in total. The third-order valence-corrected chi connectivity index (χ3v) is 3.24. The van der Waals surface area contributed by atoms with Crippen LogP contribution in [0.2, 0.25) is 0 Å². The molecule has 0 amide bonds. The van der Waals surface area contributed by atoms with Gasteiger partial charge in [-0.25, -0.2) is 4.39 Å². The summed E-state index contributed by atoms with van der Waals surface area (Å²) in [4.78, 5) is 4.25. The lowest BCUT2D eigenvalue weighted by Crippen LogP contribution is -2.26. The minimum absolute atomic E-state index is 0.135. The predicted octanol–water partition coefficient (Wildman–Crippen LogP) is 1.82. The quantitative estimate of drug-likeness (QED) is 0.870. The van der Waals surface area contributed by atoms with Gasteiger partial charge in [-0.15, -0.1) is 0 Å². The molecule has 17 heavy (non-hydrogen) atoms. The Balaban J connectivity index is 2.33. The van der Waals surface area contributed by atoms with Gasteiger partial charge in [0.1, 0.15) is 5.82 Å². The number of anilines is 2. The molecule has 0 spiro atoms. The first-order valence-electron chi connectivity index (χ1n) is 6.18. The van der Waals surface area contributed by atoms with E-state index in [1.807, 2.05) is 18.0 Å². The minimum Gasteiger partial charge on any atom is -0.370 e. The van der Waals surface area contributed by atoms with Crippen molar-refractivity contribution >= 4 is 11.4 Å². The molecule has 1 aliphatic rings. The molecule has 1 aromatic rings. The predicted molar refractivity (Wildman–Crippen MR) is 70.2 cm³/mol. The van der Waals surface area contributed by atoms with Gasteiger partial charge < -0.3 is 15.5 Å². The van der Waals surface area contributed by atoms with Gasteiger partial charge in [0.15, 0.2) is 0 Å². The van der Waals surface area contributed by atoms with Crippen LogP contribution in [0.4, 0.5) is 15.8 Å². The number of hydrogen-bond acceptors (Lipinski definition) is 3. The Hall–Kier alpha value is -1.29. The number of nitrogens with two attached hydrogens (primary N) is 1. The molecular formula is C13H20FN3. The van der Waals surface area contributed by atoms with E-state index in [0.29, 0.717) is 6.54 Å². The number of fused-ring (bicyclic) bond motifs is 1. The van der Waals surface area contributed by atoms with Gasteiger partial charge >= 0.3 is 0 Å². The van der Waals surface area contributed by atoms with E-state index in [1.165, 1.54) is 6.07 Å². The summed E-state index contributed by atoms with van der Waals surface area (Å²) in [5.41, 5.74) is 7.27. The molecule has 0 bridgehead atoms. The first-order valence-corrected chi connectivity index (χ1v) is 6.18. The van der Waals surface area contributed by atoms with E-state index >= 15 is 0 Å². The normalized spacial score (nSPS) is 15.7. The zero-order chi connectivity index (χ0) is 12.3. The van der Waals surface area contributed by atoms with E-state index in [4.69, 9.17) is 5.73 Å². The molecular weight excluding hydrogens is 217 g/mol. The highest BCUT2D eigenvalue weighted by Crippen LogP contribution is 2.33. The topological polar surface area (TPSA) is 32.5 Å². The second-order valence-corrected chi connectivity index (χ2v) is 4.51. The van der Waals surface area contributed by atoms with Crippen molar-refractivity contribution in [2.45, 2.75) is 12.8 Å². The summed E-state index contributed by atoms with van der Waals surface area (Å²) in [7, 11) is 1.95. The minimum atomic E-state index is -0.135. The standard InChI is InChI=1S/C13H20FN3/c1-16-8-4-10-17(9-3-7-15)12-6-2-5-11(14)13(12)16/h2,5-6H,3-4,7-10,15H2,1H3. The van der Waals surface area contributed by atoms with Crippen LogP contribution in [0.1, 0.15) is 12.8 Å². The molecule has 1 aromatic carbocycles. The largest absolute Gasteiger partial charge is 0.370 e. The molecule has 2 rings (SSSR count). The van der Waals surface area contributed by atoms with Gasteiger partial charge in [0, 0.05) is 26.7 Å². The summed E-state index contributed by atoms with van der Waals surface area (Å²) in [5.74, 6) is -0.135. The number of para-hydroxylation sites is 1. The van der Waals surface area contributed by atoms with Crippen LogP contribution < -0.4 is 15.5 Å². The van der Waals surface area contributed by atoms with E-state index in [9.17, 15) is 4.39 Å². The van der Waals surface area contributed by atoms with Gasteiger partial charge in [-0.3, -0.25) is 0 Å². The monoisotopic (exact) mass is 237 g/mol. The highest BCUT2D eigenvalue weighted by atomic mass is 19.1. The molecule has 0 aliphatic carbocycles. The van der Waals surface area contributed by atoms with Crippen molar-refractivity contribution in [1.29, 1.82) is 0 Å². The van der Waals surface area contributed by atoms with Crippen molar-refractivity contribution in [3.05, 3.63) is 24.0 Å². The molecule has 94 valence electrons. The van der Waals surface area contributed by atoms with Gasteiger partial charge in [0.25, 0.3) is 0 Å². The summed E-state index contributed by atoms with van der Waals surface area (Å²) in [6.07, 6.45) is 1.99. The zero-order valence-corrected chi connectivity index (χ0v) is 10.3. The van der Waals surface area contributed by atoms with Crippen LogP contribution in [-0.4, -0.2) is 33.2 Å². The van der Waals surface area contributed by atoms with Gasteiger partial charge in [-0.05, 0) is 31.5 Å². The van der Waals surface area contributed by atoms with E-state index in [-0.39, 0.29) is 5.82 Å². The third kappa shape index (κ3) is 2.52. The summed E-state index contributed by atoms with van der Waals surface area (Å²) in [6, 6.07) is 5.31. The summed E-state index contributed by atoms with van der Waals surface area (Å²) < 4.78 is 13.9. The second kappa shape index (κ2) is 5.36. The fourth-order valence-corrected chi connectivity index (χ4v) is 2.38. The SMILES string of the molecule is CN1CCCN(CCCN)c2cccc(F)c21. The van der Waals surface area contributed by atoms with E-state index in [0.717, 1.165) is 43.9 Å². The number of halogens is 1. The molecule has 4 heteroatoms. The van der Waals surface area contributed by atoms with E-state index in [2.05, 4.69) is 4.90 Å². The van der Waals surface area contributed by atoms with E-state index < -0.39 is 0 Å². The molecule has 0 atom stereocenters. The Morgan fingerprint density at radius 2 is 2.18 bits per heavy atom. The van der Waals surface area contributed by atoms with Crippen LogP contribution in [0.15, 0.2) is 18.2 Å². The van der Waals surface area contributed by atoms with Gasteiger partial charge in [-0.1, -0.05) is 6.07 Å². The van der Waals surface area contributed by atoms with Crippen LogP contribution in [0.25, 0.3) is 0 Å². The molecule has 1 aliphatic heterocycles. The van der Waals surface area contributed by atoms with Crippen molar-refractivity contribution in [2.75, 3.05) is 43.0 Å². The van der Waals surface area contributed by atoms with Crippen molar-refractivity contribution in [1.82, 2.24) is 0 Å². The van der Waals surface area contributed by atoms with E-state index in [1.54, 1.807) is 6.07 Å². The highest BCUT2D eigenvalue weighted by molar-refractivity contribution is 5.72. The molecule has 0 unspecified atom stereocenters. The van der Waals surface area contributed by atoms with Crippen molar-refractivity contribution in [2.24, 2.45) is 5.73 Å². The average molecular weight is 237 g/mol. The fourth-order valence-electron chi connectivity index (χ4n) is 2.38. The lowest BCUT2D eigenvalue weighted by molar-refractivity contribution is 0.623. The molecule has 0 saturated carbocycles. The van der Waals surface area contributed by atoms with Gasteiger partial charge in [-0.2, -0.15) is 0 Å². The van der Waals surface area contributed by atoms with Crippen molar-refractivity contribution in [3.8, 4) is 0 Å². The van der Waals surface area contributed by atoms with Crippen LogP contribution in [0, 0.1) is 5.82 Å². The lowest BCUT2D eigenvalue weighted by atomic mass is 10.2. The maximum absolute atomic E-state index is 13.9. The zero-order valence-electron chi connectivity index (χ0n) is 10.3. The summed E-state index contributed by atoms with van der Waals surface area (Å²) >= 11 is 0.